The van der Waals surface area contributed by atoms with Crippen LogP contribution in [0.2, 0.25) is 0 Å². The first-order chi connectivity index (χ1) is 9.45. The van der Waals surface area contributed by atoms with Crippen LogP contribution in [0.5, 0.6) is 0 Å². The molecular weight excluding hydrogens is 274 g/mol. The maximum atomic E-state index is 12.1. The monoisotopic (exact) mass is 293 g/mol. The summed E-state index contributed by atoms with van der Waals surface area (Å²) < 4.78 is 1.72. The minimum Gasteiger partial charge on any atom is -0.329 e. The predicted octanol–water partition coefficient (Wildman–Crippen LogP) is 2.09. The number of nitrogens with one attached hydrogen (secondary N) is 1. The third-order valence-electron chi connectivity index (χ3n) is 2.86. The molecule has 0 aromatic carbocycles. The van der Waals surface area contributed by atoms with Crippen molar-refractivity contribution >= 4 is 17.4 Å². The van der Waals surface area contributed by atoms with Crippen molar-refractivity contribution in [2.75, 3.05) is 7.05 Å². The number of carbonyl (C=O) groups is 1. The lowest BCUT2D eigenvalue weighted by atomic mass is 10.3. The molecule has 1 N–H and O–H groups in total. The van der Waals surface area contributed by atoms with Gasteiger partial charge in [-0.2, -0.15) is 5.10 Å². The van der Waals surface area contributed by atoms with Gasteiger partial charge in [0.15, 0.2) is 0 Å². The highest BCUT2D eigenvalue weighted by atomic mass is 32.1. The molecule has 0 radical (unpaired) electrons. The third-order valence-corrected chi connectivity index (χ3v) is 3.96. The molecule has 20 heavy (non-hydrogen) atoms. The molecule has 2 rings (SSSR count). The van der Waals surface area contributed by atoms with E-state index in [2.05, 4.69) is 15.4 Å². The van der Waals surface area contributed by atoms with Crippen LogP contribution < -0.4 is 5.32 Å². The highest BCUT2D eigenvalue weighted by Crippen LogP contribution is 2.19. The Kier molecular flexibility index (Phi) is 4.39. The average molecular weight is 293 g/mol. The van der Waals surface area contributed by atoms with E-state index in [0.717, 1.165) is 15.6 Å². The van der Waals surface area contributed by atoms with Crippen molar-refractivity contribution in [3.63, 3.8) is 0 Å². The summed E-state index contributed by atoms with van der Waals surface area (Å²) in [5.74, 6) is 0. The summed E-state index contributed by atoms with van der Waals surface area (Å²) in [5.41, 5.74) is 0.864. The molecule has 2 amide bonds. The number of urea groups is 1. The molecular formula is C13H19N5OS. The lowest BCUT2D eigenvalue weighted by molar-refractivity contribution is 0.203. The van der Waals surface area contributed by atoms with Gasteiger partial charge in [-0.3, -0.25) is 4.68 Å². The molecule has 0 spiro atoms. The Balaban J connectivity index is 1.90. The molecule has 2 heterocycles. The highest BCUT2D eigenvalue weighted by Gasteiger charge is 2.16. The van der Waals surface area contributed by atoms with E-state index in [1.54, 1.807) is 28.0 Å². The van der Waals surface area contributed by atoms with Crippen LogP contribution in [0.1, 0.15) is 28.5 Å². The quantitative estimate of drug-likeness (QED) is 0.939. The van der Waals surface area contributed by atoms with Crippen LogP contribution in [0.3, 0.4) is 0 Å². The normalized spacial score (nSPS) is 12.2. The molecule has 0 aliphatic rings. The van der Waals surface area contributed by atoms with Gasteiger partial charge in [0.1, 0.15) is 5.01 Å². The molecule has 0 aliphatic carbocycles. The Morgan fingerprint density at radius 1 is 1.60 bits per heavy atom. The smallest absolute Gasteiger partial charge is 0.318 e. The number of carbonyl (C=O) groups excluding carboxylic acids is 1. The SMILES string of the molecule is Cc1cnc(C(C)NC(=O)N(C)Cc2ccn(C)n2)s1. The second-order valence-corrected chi connectivity index (χ2v) is 6.08. The molecule has 7 heteroatoms. The molecule has 2 aromatic heterocycles. The van der Waals surface area contributed by atoms with E-state index in [9.17, 15) is 4.79 Å². The topological polar surface area (TPSA) is 63.1 Å². The van der Waals surface area contributed by atoms with E-state index in [4.69, 9.17) is 0 Å². The van der Waals surface area contributed by atoms with E-state index < -0.39 is 0 Å². The fourth-order valence-corrected chi connectivity index (χ4v) is 2.57. The minimum atomic E-state index is -0.129. The van der Waals surface area contributed by atoms with Crippen LogP contribution >= 0.6 is 11.3 Å². The van der Waals surface area contributed by atoms with Crippen LogP contribution in [-0.4, -0.2) is 32.7 Å². The molecule has 0 saturated carbocycles. The van der Waals surface area contributed by atoms with Crippen molar-refractivity contribution in [2.45, 2.75) is 26.4 Å². The van der Waals surface area contributed by atoms with Gasteiger partial charge in [0.2, 0.25) is 0 Å². The van der Waals surface area contributed by atoms with Gasteiger partial charge in [0.05, 0.1) is 18.3 Å². The van der Waals surface area contributed by atoms with Crippen LogP contribution in [0, 0.1) is 6.92 Å². The van der Waals surface area contributed by atoms with Crippen LogP contribution in [0.4, 0.5) is 4.79 Å². The van der Waals surface area contributed by atoms with E-state index in [1.807, 2.05) is 39.4 Å². The summed E-state index contributed by atoms with van der Waals surface area (Å²) in [6.07, 6.45) is 3.68. The molecule has 0 bridgehead atoms. The number of rotatable bonds is 4. The van der Waals surface area contributed by atoms with Crippen molar-refractivity contribution in [2.24, 2.45) is 7.05 Å². The molecule has 1 unspecified atom stereocenters. The second-order valence-electron chi connectivity index (χ2n) is 4.82. The highest BCUT2D eigenvalue weighted by molar-refractivity contribution is 7.11. The largest absolute Gasteiger partial charge is 0.329 e. The number of amides is 2. The fourth-order valence-electron chi connectivity index (χ4n) is 1.79. The van der Waals surface area contributed by atoms with Gasteiger partial charge < -0.3 is 10.2 Å². The molecule has 0 aliphatic heterocycles. The van der Waals surface area contributed by atoms with Gasteiger partial charge in [-0.05, 0) is 19.9 Å². The van der Waals surface area contributed by atoms with Gasteiger partial charge in [-0.15, -0.1) is 11.3 Å². The second kappa shape index (κ2) is 6.04. The van der Waals surface area contributed by atoms with Crippen LogP contribution in [0.25, 0.3) is 0 Å². The Labute approximate surface area is 122 Å². The average Bonchev–Trinajstić information content (AvgIpc) is 2.98. The summed E-state index contributed by atoms with van der Waals surface area (Å²) in [7, 11) is 3.61. The van der Waals surface area contributed by atoms with Gasteiger partial charge in [-0.25, -0.2) is 9.78 Å². The summed E-state index contributed by atoms with van der Waals surface area (Å²) >= 11 is 1.60. The number of hydrogen-bond donors (Lipinski definition) is 1. The van der Waals surface area contributed by atoms with Crippen molar-refractivity contribution < 1.29 is 4.79 Å². The number of thiazole rings is 1. The van der Waals surface area contributed by atoms with E-state index >= 15 is 0 Å². The van der Waals surface area contributed by atoms with E-state index in [1.165, 1.54) is 0 Å². The molecule has 1 atom stereocenters. The van der Waals surface area contributed by atoms with Crippen molar-refractivity contribution in [3.05, 3.63) is 34.0 Å². The van der Waals surface area contributed by atoms with Gasteiger partial charge in [0, 0.05) is 31.4 Å². The summed E-state index contributed by atoms with van der Waals surface area (Å²) in [5, 5.41) is 8.11. The maximum Gasteiger partial charge on any atom is 0.318 e. The van der Waals surface area contributed by atoms with Crippen molar-refractivity contribution in [3.8, 4) is 0 Å². The Bertz CT molecular complexity index is 591. The van der Waals surface area contributed by atoms with E-state index in [0.29, 0.717) is 6.54 Å². The standard InChI is InChI=1S/C13H19N5OS/c1-9-7-14-12(20-9)10(2)15-13(19)17(3)8-11-5-6-18(4)16-11/h5-7,10H,8H2,1-4H3,(H,15,19). The van der Waals surface area contributed by atoms with Gasteiger partial charge in [-0.1, -0.05) is 0 Å². The van der Waals surface area contributed by atoms with Crippen LogP contribution in [-0.2, 0) is 13.6 Å². The zero-order chi connectivity index (χ0) is 14.7. The Hall–Kier alpha value is -1.89. The molecule has 0 fully saturated rings. The zero-order valence-electron chi connectivity index (χ0n) is 12.1. The number of nitrogens with zero attached hydrogens (tertiary/aromatic N) is 4. The predicted molar refractivity (Wildman–Crippen MR) is 78.5 cm³/mol. The molecule has 108 valence electrons. The Morgan fingerprint density at radius 3 is 2.90 bits per heavy atom. The number of hydrogen-bond acceptors (Lipinski definition) is 4. The van der Waals surface area contributed by atoms with Gasteiger partial charge in [0.25, 0.3) is 0 Å². The summed E-state index contributed by atoms with van der Waals surface area (Å²) in [6.45, 7) is 4.42. The van der Waals surface area contributed by atoms with Crippen LogP contribution in [0.15, 0.2) is 18.5 Å². The van der Waals surface area contributed by atoms with Crippen molar-refractivity contribution in [1.82, 2.24) is 25.0 Å². The lowest BCUT2D eigenvalue weighted by Crippen LogP contribution is -2.38. The maximum absolute atomic E-state index is 12.1. The molecule has 2 aromatic rings. The third kappa shape index (κ3) is 3.57. The minimum absolute atomic E-state index is 0.0904. The Morgan fingerprint density at radius 2 is 2.35 bits per heavy atom. The first kappa shape index (κ1) is 14.5. The number of aryl methyl sites for hydroxylation is 2. The van der Waals surface area contributed by atoms with Gasteiger partial charge >= 0.3 is 6.03 Å². The zero-order valence-corrected chi connectivity index (χ0v) is 12.9. The van der Waals surface area contributed by atoms with Crippen molar-refractivity contribution in [1.29, 1.82) is 0 Å². The first-order valence-corrected chi connectivity index (χ1v) is 7.20. The fraction of sp³-hybridized carbons (Fsp3) is 0.462. The number of aromatic nitrogens is 3. The first-order valence-electron chi connectivity index (χ1n) is 6.38. The summed E-state index contributed by atoms with van der Waals surface area (Å²) in [4.78, 5) is 19.1. The molecule has 0 saturated heterocycles. The summed E-state index contributed by atoms with van der Waals surface area (Å²) in [6, 6.07) is 1.68. The van der Waals surface area contributed by atoms with E-state index in [-0.39, 0.29) is 12.1 Å². The molecule has 6 nitrogen and oxygen atoms in total. The lowest BCUT2D eigenvalue weighted by Gasteiger charge is -2.19.